The molecule has 0 bridgehead atoms. The van der Waals surface area contributed by atoms with E-state index in [0.717, 1.165) is 18.6 Å². The second-order valence-electron chi connectivity index (χ2n) is 4.13. The van der Waals surface area contributed by atoms with E-state index in [1.807, 2.05) is 6.07 Å². The molecule has 1 aromatic carbocycles. The maximum Gasteiger partial charge on any atom is 0.0448 e. The van der Waals surface area contributed by atoms with Crippen molar-refractivity contribution < 1.29 is 0 Å². The van der Waals surface area contributed by atoms with Crippen LogP contribution in [0.4, 0.5) is 0 Å². The summed E-state index contributed by atoms with van der Waals surface area (Å²) in [6, 6.07) is 10.3. The lowest BCUT2D eigenvalue weighted by Crippen LogP contribution is -1.97. The molecular formula is C15H17N. The van der Waals surface area contributed by atoms with Crippen molar-refractivity contribution in [2.24, 2.45) is 4.99 Å². The second-order valence-corrected chi connectivity index (χ2v) is 4.13. The molecule has 0 heterocycles. The zero-order chi connectivity index (χ0) is 11.4. The minimum atomic E-state index is 1.06. The van der Waals surface area contributed by atoms with Gasteiger partial charge < -0.3 is 0 Å². The van der Waals surface area contributed by atoms with Gasteiger partial charge in [-0.2, -0.15) is 0 Å². The zero-order valence-electron chi connectivity index (χ0n) is 9.90. The number of hydrogen-bond acceptors (Lipinski definition) is 1. The van der Waals surface area contributed by atoms with Gasteiger partial charge in [-0.05, 0) is 37.8 Å². The van der Waals surface area contributed by atoms with Gasteiger partial charge in [0.05, 0.1) is 0 Å². The molecule has 0 amide bonds. The topological polar surface area (TPSA) is 12.4 Å². The maximum atomic E-state index is 4.73. The summed E-state index contributed by atoms with van der Waals surface area (Å²) in [5, 5.41) is 0. The summed E-state index contributed by atoms with van der Waals surface area (Å²) in [6.07, 6.45) is 6.55. The second kappa shape index (κ2) is 4.93. The lowest BCUT2D eigenvalue weighted by atomic mass is 10.0. The fourth-order valence-electron chi connectivity index (χ4n) is 1.86. The van der Waals surface area contributed by atoms with Crippen molar-refractivity contribution in [2.45, 2.75) is 26.7 Å². The van der Waals surface area contributed by atoms with E-state index in [4.69, 9.17) is 4.99 Å². The Balaban J connectivity index is 2.28. The van der Waals surface area contributed by atoms with Crippen LogP contribution >= 0.6 is 0 Å². The lowest BCUT2D eigenvalue weighted by molar-refractivity contribution is 0.921. The summed E-state index contributed by atoms with van der Waals surface area (Å²) in [5.74, 6) is 0. The van der Waals surface area contributed by atoms with Gasteiger partial charge in [0, 0.05) is 11.4 Å². The molecule has 0 atom stereocenters. The maximum absolute atomic E-state index is 4.73. The molecular weight excluding hydrogens is 194 g/mol. The molecule has 0 radical (unpaired) electrons. The highest BCUT2D eigenvalue weighted by Crippen LogP contribution is 2.20. The minimum absolute atomic E-state index is 1.06. The Morgan fingerprint density at radius 3 is 2.62 bits per heavy atom. The van der Waals surface area contributed by atoms with E-state index in [0.29, 0.717) is 0 Å². The van der Waals surface area contributed by atoms with Crippen molar-refractivity contribution in [3.8, 4) is 0 Å². The Morgan fingerprint density at radius 1 is 1.19 bits per heavy atom. The molecule has 0 spiro atoms. The van der Waals surface area contributed by atoms with Gasteiger partial charge in [-0.25, -0.2) is 0 Å². The monoisotopic (exact) mass is 211 g/mol. The number of aliphatic imine (C=N–C) groups is 1. The lowest BCUT2D eigenvalue weighted by Gasteiger charge is -2.10. The van der Waals surface area contributed by atoms with Crippen LogP contribution < -0.4 is 0 Å². The molecule has 0 aromatic heterocycles. The molecule has 0 aliphatic heterocycles. The molecule has 0 N–H and O–H groups in total. The Hall–Kier alpha value is -1.63. The first-order valence-corrected chi connectivity index (χ1v) is 5.74. The van der Waals surface area contributed by atoms with Gasteiger partial charge in [-0.1, -0.05) is 42.5 Å². The molecule has 1 aliphatic rings. The fourth-order valence-corrected chi connectivity index (χ4v) is 1.86. The van der Waals surface area contributed by atoms with Gasteiger partial charge in [0.1, 0.15) is 0 Å². The molecule has 2 rings (SSSR count). The number of hydrogen-bond donors (Lipinski definition) is 0. The van der Waals surface area contributed by atoms with Crippen LogP contribution in [-0.2, 0) is 0 Å². The molecule has 0 saturated heterocycles. The van der Waals surface area contributed by atoms with Crippen LogP contribution in [0.3, 0.4) is 0 Å². The van der Waals surface area contributed by atoms with Crippen LogP contribution in [0.5, 0.6) is 0 Å². The number of nitrogens with zero attached hydrogens (tertiary/aromatic N) is 1. The molecule has 1 aliphatic carbocycles. The van der Waals surface area contributed by atoms with Crippen molar-refractivity contribution >= 4 is 5.71 Å². The van der Waals surface area contributed by atoms with Crippen LogP contribution in [0.15, 0.2) is 58.7 Å². The largest absolute Gasteiger partial charge is 0.257 e. The highest BCUT2D eigenvalue weighted by atomic mass is 14.8. The SMILES string of the molecule is CC(=NC1=C(C)C=CCC1)c1ccccc1. The van der Waals surface area contributed by atoms with E-state index in [2.05, 4.69) is 50.3 Å². The predicted octanol–water partition coefficient (Wildman–Crippen LogP) is 4.12. The molecule has 1 nitrogen and oxygen atoms in total. The predicted molar refractivity (Wildman–Crippen MR) is 69.7 cm³/mol. The Kier molecular flexibility index (Phi) is 3.35. The van der Waals surface area contributed by atoms with Crippen molar-refractivity contribution in [3.05, 3.63) is 59.3 Å². The average molecular weight is 211 g/mol. The molecule has 1 heteroatoms. The van der Waals surface area contributed by atoms with Crippen molar-refractivity contribution in [1.29, 1.82) is 0 Å². The van der Waals surface area contributed by atoms with Crippen LogP contribution in [0.25, 0.3) is 0 Å². The van der Waals surface area contributed by atoms with Crippen LogP contribution in [0.2, 0.25) is 0 Å². The standard InChI is InChI=1S/C15H17N/c1-12-8-6-7-11-15(12)16-13(2)14-9-4-3-5-10-14/h3-6,8-10H,7,11H2,1-2H3. The van der Waals surface area contributed by atoms with E-state index in [1.165, 1.54) is 16.8 Å². The highest BCUT2D eigenvalue weighted by molar-refractivity contribution is 5.99. The van der Waals surface area contributed by atoms with Gasteiger partial charge in [0.25, 0.3) is 0 Å². The summed E-state index contributed by atoms with van der Waals surface area (Å²) in [6.45, 7) is 4.21. The Morgan fingerprint density at radius 2 is 1.94 bits per heavy atom. The molecule has 0 unspecified atom stereocenters. The number of rotatable bonds is 2. The Bertz CT molecular complexity index is 450. The first-order valence-electron chi connectivity index (χ1n) is 5.74. The molecule has 0 saturated carbocycles. The summed E-state index contributed by atoms with van der Waals surface area (Å²) in [5.41, 5.74) is 4.83. The van der Waals surface area contributed by atoms with E-state index < -0.39 is 0 Å². The first-order chi connectivity index (χ1) is 7.77. The first kappa shape index (κ1) is 10.9. The van der Waals surface area contributed by atoms with Gasteiger partial charge >= 0.3 is 0 Å². The van der Waals surface area contributed by atoms with Gasteiger partial charge in [0.2, 0.25) is 0 Å². The van der Waals surface area contributed by atoms with Crippen molar-refractivity contribution in [2.75, 3.05) is 0 Å². The van der Waals surface area contributed by atoms with Crippen LogP contribution in [0, 0.1) is 0 Å². The quantitative estimate of drug-likeness (QED) is 0.652. The molecule has 82 valence electrons. The van der Waals surface area contributed by atoms with Crippen molar-refractivity contribution in [3.63, 3.8) is 0 Å². The third-order valence-electron chi connectivity index (χ3n) is 2.87. The van der Waals surface area contributed by atoms with Crippen molar-refractivity contribution in [1.82, 2.24) is 0 Å². The third-order valence-corrected chi connectivity index (χ3v) is 2.87. The summed E-state index contributed by atoms with van der Waals surface area (Å²) < 4.78 is 0. The number of allylic oxidation sites excluding steroid dienone is 4. The third kappa shape index (κ3) is 2.48. The summed E-state index contributed by atoms with van der Waals surface area (Å²) in [4.78, 5) is 4.73. The molecule has 1 aromatic rings. The summed E-state index contributed by atoms with van der Waals surface area (Å²) in [7, 11) is 0. The summed E-state index contributed by atoms with van der Waals surface area (Å²) >= 11 is 0. The molecule has 0 fully saturated rings. The van der Waals surface area contributed by atoms with Crippen LogP contribution in [-0.4, -0.2) is 5.71 Å². The van der Waals surface area contributed by atoms with Gasteiger partial charge in [0.15, 0.2) is 0 Å². The van der Waals surface area contributed by atoms with Gasteiger partial charge in [-0.15, -0.1) is 0 Å². The van der Waals surface area contributed by atoms with Gasteiger partial charge in [-0.3, -0.25) is 4.99 Å². The van der Waals surface area contributed by atoms with E-state index >= 15 is 0 Å². The Labute approximate surface area is 97.2 Å². The normalized spacial score (nSPS) is 16.8. The highest BCUT2D eigenvalue weighted by Gasteiger charge is 2.04. The smallest absolute Gasteiger partial charge is 0.0448 e. The fraction of sp³-hybridized carbons (Fsp3) is 0.267. The van der Waals surface area contributed by atoms with E-state index in [9.17, 15) is 0 Å². The minimum Gasteiger partial charge on any atom is -0.257 e. The zero-order valence-corrected chi connectivity index (χ0v) is 9.90. The number of benzene rings is 1. The molecule has 16 heavy (non-hydrogen) atoms. The average Bonchev–Trinajstić information content (AvgIpc) is 2.33. The van der Waals surface area contributed by atoms with E-state index in [1.54, 1.807) is 0 Å². The van der Waals surface area contributed by atoms with E-state index in [-0.39, 0.29) is 0 Å². The van der Waals surface area contributed by atoms with Crippen LogP contribution in [0.1, 0.15) is 32.3 Å².